The number of hydrogen-bond donors (Lipinski definition) is 0. The van der Waals surface area contributed by atoms with Gasteiger partial charge in [0.1, 0.15) is 0 Å². The molecule has 0 aliphatic heterocycles. The van der Waals surface area contributed by atoms with Crippen LogP contribution >= 0.6 is 0 Å². The fourth-order valence-corrected chi connectivity index (χ4v) is 0. The van der Waals surface area contributed by atoms with Crippen LogP contribution in [-0.2, 0) is 10.4 Å². The maximum absolute atomic E-state index is 8.52. The van der Waals surface area contributed by atoms with Crippen molar-refractivity contribution in [1.29, 1.82) is 0 Å². The van der Waals surface area contributed by atoms with E-state index in [1.165, 1.54) is 0 Å². The summed E-state index contributed by atoms with van der Waals surface area (Å²) in [5.41, 5.74) is 0. The van der Waals surface area contributed by atoms with Crippen LogP contribution in [0.15, 0.2) is 0 Å². The van der Waals surface area contributed by atoms with Gasteiger partial charge in [0.05, 0.1) is 0 Å². The molecule has 0 fully saturated rings. The molecule has 9 heavy (non-hydrogen) atoms. The summed E-state index contributed by atoms with van der Waals surface area (Å²) in [6, 6.07) is 0. The Balaban J connectivity index is -0.0000000133. The summed E-state index contributed by atoms with van der Waals surface area (Å²) in [4.78, 5) is 0. The molecule has 0 spiro atoms. The standard InChI is InChI=1S/Na.H2O4S.3H2O/c;1-5(2,3)4;;;/h;(H2,1,2,3,4);3*1H2/q+1;;;;/p-2. The summed E-state index contributed by atoms with van der Waals surface area (Å²) >= 11 is 0. The van der Waals surface area contributed by atoms with Crippen LogP contribution in [0, 0.1) is 0 Å². The van der Waals surface area contributed by atoms with Gasteiger partial charge < -0.3 is 25.5 Å². The predicted molar refractivity (Wildman–Crippen MR) is 21.3 cm³/mol. The Bertz CT molecular complexity index is 92.1. The van der Waals surface area contributed by atoms with Gasteiger partial charge in [0.15, 0.2) is 0 Å². The van der Waals surface area contributed by atoms with E-state index in [1.54, 1.807) is 0 Å². The van der Waals surface area contributed by atoms with Gasteiger partial charge in [-0.05, 0) is 0 Å². The Kier molecular flexibility index (Phi) is 42.4. The molecule has 0 aromatic heterocycles. The molecule has 6 N–H and O–H groups in total. The third-order valence-electron chi connectivity index (χ3n) is 0. The molecule has 7 nitrogen and oxygen atoms in total. The van der Waals surface area contributed by atoms with Gasteiger partial charge in [0, 0.05) is 10.4 Å². The van der Waals surface area contributed by atoms with E-state index in [0.29, 0.717) is 0 Å². The molecule has 0 aliphatic carbocycles. The monoisotopic (exact) mass is 173 g/mol. The van der Waals surface area contributed by atoms with E-state index < -0.39 is 10.4 Å². The van der Waals surface area contributed by atoms with E-state index in [1.807, 2.05) is 0 Å². The van der Waals surface area contributed by atoms with Crippen molar-refractivity contribution in [2.45, 2.75) is 0 Å². The van der Waals surface area contributed by atoms with Crippen molar-refractivity contribution in [1.82, 2.24) is 0 Å². The first kappa shape index (κ1) is 33.1. The van der Waals surface area contributed by atoms with Crippen molar-refractivity contribution < 1.29 is 63.5 Å². The summed E-state index contributed by atoms with van der Waals surface area (Å²) < 4.78 is 34.1. The topological polar surface area (TPSA) is 175 Å². The molecular weight excluding hydrogens is 167 g/mol. The maximum Gasteiger partial charge on any atom is 1.00 e. The molecule has 0 aliphatic rings. The minimum Gasteiger partial charge on any atom is -0.759 e. The van der Waals surface area contributed by atoms with Gasteiger partial charge in [-0.2, -0.15) is 0 Å². The molecule has 0 aromatic rings. The Morgan fingerprint density at radius 2 is 0.889 bits per heavy atom. The molecular formula is H6NaO7S-. The Labute approximate surface area is 73.9 Å². The van der Waals surface area contributed by atoms with Crippen LogP contribution in [0.25, 0.3) is 0 Å². The average molecular weight is 173 g/mol. The molecule has 0 radical (unpaired) electrons. The maximum atomic E-state index is 8.52. The summed E-state index contributed by atoms with van der Waals surface area (Å²) in [5, 5.41) is 0. The second-order valence-corrected chi connectivity index (χ2v) is 1.22. The van der Waals surface area contributed by atoms with Crippen molar-refractivity contribution in [3.05, 3.63) is 0 Å². The molecule has 9 heteroatoms. The largest absolute Gasteiger partial charge is 1.00 e. The molecule has 0 saturated carbocycles. The summed E-state index contributed by atoms with van der Waals surface area (Å²) in [5.74, 6) is 0. The van der Waals surface area contributed by atoms with Crippen LogP contribution < -0.4 is 29.6 Å². The van der Waals surface area contributed by atoms with Crippen molar-refractivity contribution in [2.75, 3.05) is 0 Å². The molecule has 0 amide bonds. The van der Waals surface area contributed by atoms with Crippen LogP contribution in [0.3, 0.4) is 0 Å². The normalized spacial score (nSPS) is 6.44. The molecule has 0 aromatic carbocycles. The van der Waals surface area contributed by atoms with E-state index in [2.05, 4.69) is 0 Å². The molecule has 0 atom stereocenters. The third kappa shape index (κ3) is 709. The molecule has 0 bridgehead atoms. The smallest absolute Gasteiger partial charge is 0.759 e. The Morgan fingerprint density at radius 3 is 0.889 bits per heavy atom. The summed E-state index contributed by atoms with van der Waals surface area (Å²) in [7, 11) is -5.17. The third-order valence-corrected chi connectivity index (χ3v) is 0. The second kappa shape index (κ2) is 11.5. The zero-order valence-electron chi connectivity index (χ0n) is 4.54. The van der Waals surface area contributed by atoms with Crippen LogP contribution in [-0.4, -0.2) is 34.0 Å². The number of hydrogen-bond acceptors (Lipinski definition) is 4. The Hall–Kier alpha value is 0.750. The van der Waals surface area contributed by atoms with E-state index in [0.717, 1.165) is 0 Å². The van der Waals surface area contributed by atoms with Crippen molar-refractivity contribution in [3.8, 4) is 0 Å². The van der Waals surface area contributed by atoms with Gasteiger partial charge in [-0.25, -0.2) is 0 Å². The molecule has 0 heterocycles. The van der Waals surface area contributed by atoms with E-state index in [9.17, 15) is 0 Å². The number of rotatable bonds is 0. The fraction of sp³-hybridized carbons (Fsp3) is 0. The minimum absolute atomic E-state index is 0. The van der Waals surface area contributed by atoms with Crippen molar-refractivity contribution in [2.24, 2.45) is 0 Å². The van der Waals surface area contributed by atoms with Crippen LogP contribution in [0.5, 0.6) is 0 Å². The quantitative estimate of drug-likeness (QED) is 0.201. The van der Waals surface area contributed by atoms with Crippen LogP contribution in [0.4, 0.5) is 0 Å². The van der Waals surface area contributed by atoms with Gasteiger partial charge >= 0.3 is 29.6 Å². The molecule has 0 saturated heterocycles. The Morgan fingerprint density at radius 1 is 0.889 bits per heavy atom. The van der Waals surface area contributed by atoms with Crippen LogP contribution in [0.1, 0.15) is 0 Å². The van der Waals surface area contributed by atoms with Gasteiger partial charge in [-0.1, -0.05) is 0 Å². The summed E-state index contributed by atoms with van der Waals surface area (Å²) in [6.07, 6.45) is 0. The van der Waals surface area contributed by atoms with Crippen molar-refractivity contribution in [3.63, 3.8) is 0 Å². The zero-order chi connectivity index (χ0) is 4.50. The SMILES string of the molecule is O.O.O.O=S(=O)([O-])[O-].[Na+]. The first-order valence-electron chi connectivity index (χ1n) is 0.667. The predicted octanol–water partition coefficient (Wildman–Crippen LogP) is -6.81. The fourth-order valence-electron chi connectivity index (χ4n) is 0. The second-order valence-electron chi connectivity index (χ2n) is 0.408. The van der Waals surface area contributed by atoms with Crippen LogP contribution in [0.2, 0.25) is 0 Å². The van der Waals surface area contributed by atoms with Gasteiger partial charge in [-0.15, -0.1) is 0 Å². The zero-order valence-corrected chi connectivity index (χ0v) is 7.36. The summed E-state index contributed by atoms with van der Waals surface area (Å²) in [6.45, 7) is 0. The van der Waals surface area contributed by atoms with E-state index in [-0.39, 0.29) is 46.0 Å². The van der Waals surface area contributed by atoms with Gasteiger partial charge in [-0.3, -0.25) is 8.42 Å². The first-order valence-corrected chi connectivity index (χ1v) is 2.00. The first-order chi connectivity index (χ1) is 2.00. The molecule has 0 unspecified atom stereocenters. The van der Waals surface area contributed by atoms with Crippen molar-refractivity contribution >= 4 is 10.4 Å². The molecule has 56 valence electrons. The van der Waals surface area contributed by atoms with Gasteiger partial charge in [0.25, 0.3) is 0 Å². The minimum atomic E-state index is -5.17. The molecule has 0 rings (SSSR count). The average Bonchev–Trinajstić information content (AvgIpc) is 0.722. The van der Waals surface area contributed by atoms with E-state index in [4.69, 9.17) is 17.5 Å². The van der Waals surface area contributed by atoms with E-state index >= 15 is 0 Å². The van der Waals surface area contributed by atoms with Gasteiger partial charge in [0.2, 0.25) is 0 Å².